The van der Waals surface area contributed by atoms with Crippen molar-refractivity contribution in [3.63, 3.8) is 0 Å². The SMILES string of the molecule is CC(=O)[C@@](N)(CO[C@H](C)c1cc(C(F)(F)F)cc(C(F)(F)F)c1)c1ccccc1. The highest BCUT2D eigenvalue weighted by atomic mass is 19.4. The van der Waals surface area contributed by atoms with E-state index in [1.165, 1.54) is 13.8 Å². The summed E-state index contributed by atoms with van der Waals surface area (Å²) in [5, 5.41) is 0. The number of carbonyl (C=O) groups excluding carboxylic acids is 1. The Labute approximate surface area is 163 Å². The van der Waals surface area contributed by atoms with Gasteiger partial charge in [-0.2, -0.15) is 26.3 Å². The summed E-state index contributed by atoms with van der Waals surface area (Å²) >= 11 is 0. The zero-order valence-electron chi connectivity index (χ0n) is 15.6. The van der Waals surface area contributed by atoms with Gasteiger partial charge in [0, 0.05) is 0 Å². The average Bonchev–Trinajstić information content (AvgIpc) is 2.64. The van der Waals surface area contributed by atoms with Gasteiger partial charge >= 0.3 is 12.4 Å². The lowest BCUT2D eigenvalue weighted by Gasteiger charge is -2.29. The van der Waals surface area contributed by atoms with E-state index >= 15 is 0 Å². The lowest BCUT2D eigenvalue weighted by atomic mass is 9.88. The first-order chi connectivity index (χ1) is 13.2. The van der Waals surface area contributed by atoms with Crippen LogP contribution in [0.1, 0.15) is 42.2 Å². The molecule has 0 heterocycles. The van der Waals surface area contributed by atoms with Crippen LogP contribution in [-0.4, -0.2) is 12.4 Å². The largest absolute Gasteiger partial charge is 0.416 e. The Morgan fingerprint density at radius 1 is 0.931 bits per heavy atom. The molecule has 0 aliphatic carbocycles. The van der Waals surface area contributed by atoms with Crippen LogP contribution < -0.4 is 5.73 Å². The molecular formula is C20H19F6NO2. The van der Waals surface area contributed by atoms with Gasteiger partial charge in [-0.1, -0.05) is 30.3 Å². The fraction of sp³-hybridized carbons (Fsp3) is 0.350. The van der Waals surface area contributed by atoms with E-state index < -0.39 is 47.5 Å². The first kappa shape index (κ1) is 22.9. The molecule has 2 aromatic carbocycles. The van der Waals surface area contributed by atoms with Gasteiger partial charge in [-0.3, -0.25) is 4.79 Å². The van der Waals surface area contributed by atoms with Crippen molar-refractivity contribution in [2.45, 2.75) is 37.8 Å². The van der Waals surface area contributed by atoms with Gasteiger partial charge in [0.2, 0.25) is 0 Å². The van der Waals surface area contributed by atoms with E-state index in [1.807, 2.05) is 0 Å². The Balaban J connectivity index is 2.34. The summed E-state index contributed by atoms with van der Waals surface area (Å²) in [6.45, 7) is 2.10. The maximum Gasteiger partial charge on any atom is 0.416 e. The smallest absolute Gasteiger partial charge is 0.371 e. The molecule has 0 saturated heterocycles. The van der Waals surface area contributed by atoms with E-state index in [1.54, 1.807) is 30.3 Å². The summed E-state index contributed by atoms with van der Waals surface area (Å²) in [7, 11) is 0. The van der Waals surface area contributed by atoms with Crippen molar-refractivity contribution < 1.29 is 35.9 Å². The first-order valence-corrected chi connectivity index (χ1v) is 8.51. The van der Waals surface area contributed by atoms with Gasteiger partial charge in [-0.15, -0.1) is 0 Å². The standard InChI is InChI=1S/C20H19F6NO2/c1-12(29-11-18(27,13(2)28)15-6-4-3-5-7-15)14-8-16(19(21,22)23)10-17(9-14)20(24,25)26/h3-10,12H,11,27H2,1-2H3/t12-,18+/m1/s1. The summed E-state index contributed by atoms with van der Waals surface area (Å²) in [6, 6.07) is 9.39. The van der Waals surface area contributed by atoms with E-state index in [-0.39, 0.29) is 11.6 Å². The number of carbonyl (C=O) groups is 1. The highest BCUT2D eigenvalue weighted by molar-refractivity contribution is 5.87. The quantitative estimate of drug-likeness (QED) is 0.651. The summed E-state index contributed by atoms with van der Waals surface area (Å²) < 4.78 is 83.6. The maximum atomic E-state index is 13.0. The Bertz CT molecular complexity index is 831. The second kappa shape index (κ2) is 8.16. The molecule has 0 aliphatic heterocycles. The minimum Gasteiger partial charge on any atom is -0.371 e. The number of alkyl halides is 6. The van der Waals surface area contributed by atoms with Gasteiger partial charge in [0.05, 0.1) is 23.8 Å². The van der Waals surface area contributed by atoms with Crippen LogP contribution in [-0.2, 0) is 27.4 Å². The third kappa shape index (κ3) is 5.36. The van der Waals surface area contributed by atoms with Crippen LogP contribution in [0.4, 0.5) is 26.3 Å². The summed E-state index contributed by atoms with van der Waals surface area (Å²) in [4.78, 5) is 12.1. The number of nitrogens with two attached hydrogens (primary N) is 1. The van der Waals surface area contributed by atoms with Crippen LogP contribution in [0.2, 0.25) is 0 Å². The molecule has 2 N–H and O–H groups in total. The average molecular weight is 419 g/mol. The van der Waals surface area contributed by atoms with Crippen LogP contribution in [0.25, 0.3) is 0 Å². The molecule has 0 bridgehead atoms. The molecule has 29 heavy (non-hydrogen) atoms. The molecule has 2 aromatic rings. The molecule has 2 atom stereocenters. The number of ether oxygens (including phenoxy) is 1. The molecule has 0 radical (unpaired) electrons. The number of halogens is 6. The minimum atomic E-state index is -4.96. The zero-order chi connectivity index (χ0) is 22.0. The predicted octanol–water partition coefficient (Wildman–Crippen LogP) is 5.25. The van der Waals surface area contributed by atoms with Crippen molar-refractivity contribution in [3.8, 4) is 0 Å². The molecule has 0 unspecified atom stereocenters. The molecule has 0 aliphatic rings. The Hall–Kier alpha value is -2.39. The number of Topliss-reactive ketones (excluding diaryl/α,β-unsaturated/α-hetero) is 1. The highest BCUT2D eigenvalue weighted by Crippen LogP contribution is 2.38. The van der Waals surface area contributed by atoms with Crippen LogP contribution in [0.5, 0.6) is 0 Å². The van der Waals surface area contributed by atoms with Gasteiger partial charge in [0.25, 0.3) is 0 Å². The summed E-state index contributed by atoms with van der Waals surface area (Å²) in [6.07, 6.45) is -11.1. The maximum absolute atomic E-state index is 13.0. The van der Waals surface area contributed by atoms with Crippen LogP contribution in [0.15, 0.2) is 48.5 Å². The Kier molecular flexibility index (Phi) is 6.44. The molecule has 3 nitrogen and oxygen atoms in total. The fourth-order valence-corrected chi connectivity index (χ4v) is 2.69. The monoisotopic (exact) mass is 419 g/mol. The second-order valence-corrected chi connectivity index (χ2v) is 6.69. The van der Waals surface area contributed by atoms with Gasteiger partial charge < -0.3 is 10.5 Å². The number of hydrogen-bond donors (Lipinski definition) is 1. The first-order valence-electron chi connectivity index (χ1n) is 8.51. The predicted molar refractivity (Wildman–Crippen MR) is 93.8 cm³/mol. The van der Waals surface area contributed by atoms with Gasteiger partial charge in [-0.25, -0.2) is 0 Å². The molecule has 0 aromatic heterocycles. The number of benzene rings is 2. The lowest BCUT2D eigenvalue weighted by Crippen LogP contribution is -2.48. The van der Waals surface area contributed by atoms with Crippen molar-refractivity contribution >= 4 is 5.78 Å². The summed E-state index contributed by atoms with van der Waals surface area (Å²) in [5.41, 5.74) is 1.77. The molecule has 0 saturated carbocycles. The van der Waals surface area contributed by atoms with Crippen molar-refractivity contribution in [1.82, 2.24) is 0 Å². The topological polar surface area (TPSA) is 52.3 Å². The van der Waals surface area contributed by atoms with Crippen LogP contribution >= 0.6 is 0 Å². The van der Waals surface area contributed by atoms with Gasteiger partial charge in [-0.05, 0) is 43.2 Å². The third-order valence-electron chi connectivity index (χ3n) is 4.56. The van der Waals surface area contributed by atoms with Crippen LogP contribution in [0.3, 0.4) is 0 Å². The molecule has 0 fully saturated rings. The van der Waals surface area contributed by atoms with Gasteiger partial charge in [0.1, 0.15) is 5.54 Å². The Morgan fingerprint density at radius 3 is 1.83 bits per heavy atom. The summed E-state index contributed by atoms with van der Waals surface area (Å²) in [5.74, 6) is -0.462. The van der Waals surface area contributed by atoms with Crippen molar-refractivity contribution in [1.29, 1.82) is 0 Å². The fourth-order valence-electron chi connectivity index (χ4n) is 2.69. The number of rotatable bonds is 6. The van der Waals surface area contributed by atoms with Crippen LogP contribution in [0, 0.1) is 0 Å². The normalized spacial score (nSPS) is 15.6. The van der Waals surface area contributed by atoms with E-state index in [0.717, 1.165) is 0 Å². The number of ketones is 1. The lowest BCUT2D eigenvalue weighted by molar-refractivity contribution is -0.143. The Morgan fingerprint density at radius 2 is 1.41 bits per heavy atom. The zero-order valence-corrected chi connectivity index (χ0v) is 15.6. The molecule has 2 rings (SSSR count). The van der Waals surface area contributed by atoms with Gasteiger partial charge in [0.15, 0.2) is 5.78 Å². The highest BCUT2D eigenvalue weighted by Gasteiger charge is 2.38. The second-order valence-electron chi connectivity index (χ2n) is 6.69. The van der Waals surface area contributed by atoms with E-state index in [0.29, 0.717) is 17.7 Å². The third-order valence-corrected chi connectivity index (χ3v) is 4.56. The number of hydrogen-bond acceptors (Lipinski definition) is 3. The molecule has 158 valence electrons. The molecule has 0 amide bonds. The van der Waals surface area contributed by atoms with Crippen molar-refractivity contribution in [2.75, 3.05) is 6.61 Å². The van der Waals surface area contributed by atoms with E-state index in [2.05, 4.69) is 0 Å². The molecule has 9 heteroatoms. The molecular weight excluding hydrogens is 400 g/mol. The van der Waals surface area contributed by atoms with E-state index in [4.69, 9.17) is 10.5 Å². The minimum absolute atomic E-state index is 0.0446. The van der Waals surface area contributed by atoms with Crippen molar-refractivity contribution in [3.05, 3.63) is 70.8 Å². The van der Waals surface area contributed by atoms with Crippen molar-refractivity contribution in [2.24, 2.45) is 5.73 Å². The van der Waals surface area contributed by atoms with E-state index in [9.17, 15) is 31.1 Å². The molecule has 0 spiro atoms.